The molecule has 2 N–H and O–H groups in total. The van der Waals surface area contributed by atoms with E-state index in [-0.39, 0.29) is 24.0 Å². The fraction of sp³-hybridized carbons (Fsp3) is 0.375. The molecule has 0 atom stereocenters. The van der Waals surface area contributed by atoms with Crippen LogP contribution in [0.15, 0.2) is 47.7 Å². The predicted molar refractivity (Wildman–Crippen MR) is 102 cm³/mol. The summed E-state index contributed by atoms with van der Waals surface area (Å²) in [5.41, 5.74) is 2.48. The van der Waals surface area contributed by atoms with Gasteiger partial charge in [-0.15, -0.1) is 24.0 Å². The Bertz CT molecular complexity index is 566. The Balaban J connectivity index is 0.00000242. The monoisotopic (exact) mass is 413 g/mol. The standard InChI is InChI=1S/C16H23N5.HI/c1-3-17-16(18-9-11-21-10-5-8-20-21)19-13-15-7-4-6-14(2)12-15;/h4-8,10,12H,3,9,11,13H2,1-2H3,(H2,17,18,19);1H. The van der Waals surface area contributed by atoms with Gasteiger partial charge in [0.2, 0.25) is 0 Å². The van der Waals surface area contributed by atoms with Gasteiger partial charge in [-0.1, -0.05) is 29.8 Å². The Labute approximate surface area is 149 Å². The Morgan fingerprint density at radius 3 is 2.82 bits per heavy atom. The maximum Gasteiger partial charge on any atom is 0.191 e. The molecule has 1 aromatic carbocycles. The average molecular weight is 413 g/mol. The zero-order valence-corrected chi connectivity index (χ0v) is 15.5. The minimum atomic E-state index is 0. The van der Waals surface area contributed by atoms with Crippen molar-refractivity contribution in [2.75, 3.05) is 13.1 Å². The van der Waals surface area contributed by atoms with Gasteiger partial charge in [-0.2, -0.15) is 5.10 Å². The first kappa shape index (κ1) is 18.5. The predicted octanol–water partition coefficient (Wildman–Crippen LogP) is 2.56. The molecule has 6 heteroatoms. The van der Waals surface area contributed by atoms with Crippen molar-refractivity contribution in [3.63, 3.8) is 0 Å². The molecule has 0 aliphatic carbocycles. The Morgan fingerprint density at radius 1 is 1.27 bits per heavy atom. The van der Waals surface area contributed by atoms with Crippen molar-refractivity contribution in [1.82, 2.24) is 20.4 Å². The molecular weight excluding hydrogens is 389 g/mol. The molecule has 1 aromatic heterocycles. The van der Waals surface area contributed by atoms with Crippen LogP contribution in [-0.2, 0) is 13.1 Å². The molecule has 0 saturated carbocycles. The largest absolute Gasteiger partial charge is 0.357 e. The molecule has 2 aromatic rings. The van der Waals surface area contributed by atoms with Crippen LogP contribution in [0.25, 0.3) is 0 Å². The number of aromatic nitrogens is 2. The van der Waals surface area contributed by atoms with E-state index >= 15 is 0 Å². The lowest BCUT2D eigenvalue weighted by Crippen LogP contribution is -2.38. The number of nitrogens with one attached hydrogen (secondary N) is 2. The number of guanidine groups is 1. The molecule has 0 bridgehead atoms. The lowest BCUT2D eigenvalue weighted by atomic mass is 10.1. The summed E-state index contributed by atoms with van der Waals surface area (Å²) in [7, 11) is 0. The van der Waals surface area contributed by atoms with E-state index in [0.717, 1.165) is 25.6 Å². The summed E-state index contributed by atoms with van der Waals surface area (Å²) < 4.78 is 1.90. The van der Waals surface area contributed by atoms with Crippen LogP contribution in [0.3, 0.4) is 0 Å². The van der Waals surface area contributed by atoms with Gasteiger partial charge in [-0.3, -0.25) is 4.68 Å². The maximum atomic E-state index is 4.61. The first-order valence-electron chi connectivity index (χ1n) is 7.33. The summed E-state index contributed by atoms with van der Waals surface area (Å²) in [5.74, 6) is 0.839. The molecule has 0 radical (unpaired) electrons. The number of hydrogen-bond acceptors (Lipinski definition) is 2. The van der Waals surface area contributed by atoms with Gasteiger partial charge < -0.3 is 10.6 Å². The van der Waals surface area contributed by atoms with Gasteiger partial charge in [-0.05, 0) is 25.5 Å². The van der Waals surface area contributed by atoms with Gasteiger partial charge in [0.1, 0.15) is 0 Å². The molecular formula is C16H24IN5. The number of hydrogen-bond donors (Lipinski definition) is 2. The fourth-order valence-electron chi connectivity index (χ4n) is 2.04. The average Bonchev–Trinajstić information content (AvgIpc) is 2.98. The van der Waals surface area contributed by atoms with Crippen molar-refractivity contribution in [3.8, 4) is 0 Å². The highest BCUT2D eigenvalue weighted by Crippen LogP contribution is 2.04. The Hall–Kier alpha value is -1.57. The van der Waals surface area contributed by atoms with Crippen LogP contribution in [0.4, 0.5) is 0 Å². The molecule has 22 heavy (non-hydrogen) atoms. The zero-order chi connectivity index (χ0) is 14.9. The number of rotatable bonds is 6. The molecule has 0 aliphatic heterocycles. The van der Waals surface area contributed by atoms with Crippen molar-refractivity contribution in [2.45, 2.75) is 26.9 Å². The summed E-state index contributed by atoms with van der Waals surface area (Å²) in [6.45, 7) is 7.31. The maximum absolute atomic E-state index is 4.61. The third kappa shape index (κ3) is 6.46. The second-order valence-corrected chi connectivity index (χ2v) is 4.88. The van der Waals surface area contributed by atoms with Crippen LogP contribution < -0.4 is 10.6 Å². The quantitative estimate of drug-likeness (QED) is 0.435. The van der Waals surface area contributed by atoms with Crippen LogP contribution in [-0.4, -0.2) is 28.8 Å². The van der Waals surface area contributed by atoms with Crippen LogP contribution in [0.2, 0.25) is 0 Å². The van der Waals surface area contributed by atoms with Crippen molar-refractivity contribution < 1.29 is 0 Å². The summed E-state index contributed by atoms with van der Waals surface area (Å²) in [6, 6.07) is 10.4. The molecule has 0 fully saturated rings. The van der Waals surface area contributed by atoms with Crippen LogP contribution in [0.5, 0.6) is 0 Å². The third-order valence-corrected chi connectivity index (χ3v) is 3.04. The lowest BCUT2D eigenvalue weighted by Gasteiger charge is -2.11. The van der Waals surface area contributed by atoms with Crippen LogP contribution >= 0.6 is 24.0 Å². The van der Waals surface area contributed by atoms with E-state index in [1.165, 1.54) is 11.1 Å². The molecule has 2 rings (SSSR count). The number of aliphatic imine (C=N–C) groups is 1. The van der Waals surface area contributed by atoms with Crippen molar-refractivity contribution in [3.05, 3.63) is 53.9 Å². The normalized spacial score (nSPS) is 10.9. The molecule has 0 spiro atoms. The highest BCUT2D eigenvalue weighted by Gasteiger charge is 1.98. The summed E-state index contributed by atoms with van der Waals surface area (Å²) in [5, 5.41) is 10.8. The molecule has 0 unspecified atom stereocenters. The van der Waals surface area contributed by atoms with Crippen molar-refractivity contribution >= 4 is 29.9 Å². The number of benzene rings is 1. The third-order valence-electron chi connectivity index (χ3n) is 3.04. The molecule has 1 heterocycles. The summed E-state index contributed by atoms with van der Waals surface area (Å²) in [4.78, 5) is 4.61. The molecule has 0 amide bonds. The van der Waals surface area contributed by atoms with E-state index < -0.39 is 0 Å². The molecule has 5 nitrogen and oxygen atoms in total. The first-order valence-corrected chi connectivity index (χ1v) is 7.33. The Kier molecular flexibility index (Phi) is 8.57. The van der Waals surface area contributed by atoms with E-state index in [2.05, 4.69) is 58.8 Å². The number of halogens is 1. The van der Waals surface area contributed by atoms with Crippen molar-refractivity contribution in [2.24, 2.45) is 4.99 Å². The van der Waals surface area contributed by atoms with Gasteiger partial charge in [0, 0.05) is 25.5 Å². The molecule has 120 valence electrons. The Morgan fingerprint density at radius 2 is 2.14 bits per heavy atom. The number of aryl methyl sites for hydroxylation is 1. The van der Waals surface area contributed by atoms with Crippen LogP contribution in [0.1, 0.15) is 18.1 Å². The van der Waals surface area contributed by atoms with E-state index in [1.54, 1.807) is 6.20 Å². The minimum absolute atomic E-state index is 0. The van der Waals surface area contributed by atoms with E-state index in [1.807, 2.05) is 16.9 Å². The van der Waals surface area contributed by atoms with Gasteiger partial charge in [0.05, 0.1) is 13.1 Å². The van der Waals surface area contributed by atoms with E-state index in [4.69, 9.17) is 0 Å². The van der Waals surface area contributed by atoms with Crippen LogP contribution in [0, 0.1) is 6.92 Å². The fourth-order valence-corrected chi connectivity index (χ4v) is 2.04. The van der Waals surface area contributed by atoms with Gasteiger partial charge in [0.25, 0.3) is 0 Å². The van der Waals surface area contributed by atoms with E-state index in [0.29, 0.717) is 6.54 Å². The lowest BCUT2D eigenvalue weighted by molar-refractivity contribution is 0.598. The second-order valence-electron chi connectivity index (χ2n) is 4.88. The molecule has 0 aliphatic rings. The topological polar surface area (TPSA) is 54.2 Å². The van der Waals surface area contributed by atoms with Gasteiger partial charge in [-0.25, -0.2) is 4.99 Å². The summed E-state index contributed by atoms with van der Waals surface area (Å²) >= 11 is 0. The smallest absolute Gasteiger partial charge is 0.191 e. The van der Waals surface area contributed by atoms with Gasteiger partial charge >= 0.3 is 0 Å². The molecule has 0 saturated heterocycles. The highest BCUT2D eigenvalue weighted by molar-refractivity contribution is 14.0. The van der Waals surface area contributed by atoms with E-state index in [9.17, 15) is 0 Å². The second kappa shape index (κ2) is 10.2. The van der Waals surface area contributed by atoms with Gasteiger partial charge in [0.15, 0.2) is 5.96 Å². The highest BCUT2D eigenvalue weighted by atomic mass is 127. The summed E-state index contributed by atoms with van der Waals surface area (Å²) in [6.07, 6.45) is 3.75. The number of nitrogens with zero attached hydrogens (tertiary/aromatic N) is 3. The van der Waals surface area contributed by atoms with Crippen molar-refractivity contribution in [1.29, 1.82) is 0 Å². The SMILES string of the molecule is CCNC(=NCc1cccc(C)c1)NCCn1cccn1.I. The zero-order valence-electron chi connectivity index (χ0n) is 13.1. The first-order chi connectivity index (χ1) is 10.3. The minimum Gasteiger partial charge on any atom is -0.357 e.